The minimum absolute atomic E-state index is 0.0636. The molecular formula is C12H14N4O3S2. The van der Waals surface area contributed by atoms with Crippen LogP contribution < -0.4 is 10.5 Å². The largest absolute Gasteiger partial charge is 0.343 e. The average molecular weight is 326 g/mol. The lowest BCUT2D eigenvalue weighted by Gasteiger charge is -2.11. The SMILES string of the molecule is Cc1cnc(C(=O)NC(C)c2ccc(S(N)(=O)=O)s2)cn1. The van der Waals surface area contributed by atoms with Crippen molar-refractivity contribution in [3.63, 3.8) is 0 Å². The van der Waals surface area contributed by atoms with Crippen LogP contribution >= 0.6 is 11.3 Å². The summed E-state index contributed by atoms with van der Waals surface area (Å²) in [4.78, 5) is 20.7. The highest BCUT2D eigenvalue weighted by molar-refractivity contribution is 7.91. The van der Waals surface area contributed by atoms with Crippen molar-refractivity contribution in [3.8, 4) is 0 Å². The van der Waals surface area contributed by atoms with E-state index in [2.05, 4.69) is 15.3 Å². The van der Waals surface area contributed by atoms with Gasteiger partial charge in [0.15, 0.2) is 0 Å². The second-order valence-electron chi connectivity index (χ2n) is 4.44. The molecule has 0 aromatic carbocycles. The van der Waals surface area contributed by atoms with Crippen LogP contribution in [0.4, 0.5) is 0 Å². The normalized spacial score (nSPS) is 12.9. The molecule has 2 rings (SSSR count). The highest BCUT2D eigenvalue weighted by Gasteiger charge is 2.17. The minimum Gasteiger partial charge on any atom is -0.343 e. The molecule has 112 valence electrons. The number of nitrogens with zero attached hydrogens (tertiary/aromatic N) is 2. The zero-order chi connectivity index (χ0) is 15.6. The van der Waals surface area contributed by atoms with Gasteiger partial charge in [0.25, 0.3) is 5.91 Å². The summed E-state index contributed by atoms with van der Waals surface area (Å²) in [5.41, 5.74) is 0.923. The van der Waals surface area contributed by atoms with Crippen LogP contribution in [-0.4, -0.2) is 24.3 Å². The van der Waals surface area contributed by atoms with Crippen molar-refractivity contribution in [2.75, 3.05) is 0 Å². The Morgan fingerprint density at radius 2 is 2.05 bits per heavy atom. The molecule has 0 aliphatic rings. The molecule has 0 aliphatic carbocycles. The maximum Gasteiger partial charge on any atom is 0.271 e. The third-order valence-corrected chi connectivity index (χ3v) is 5.38. The predicted molar refractivity (Wildman–Crippen MR) is 78.3 cm³/mol. The number of amides is 1. The van der Waals surface area contributed by atoms with Crippen molar-refractivity contribution >= 4 is 27.3 Å². The molecule has 7 nitrogen and oxygen atoms in total. The van der Waals surface area contributed by atoms with Gasteiger partial charge in [-0.3, -0.25) is 9.78 Å². The van der Waals surface area contributed by atoms with Gasteiger partial charge in [0.05, 0.1) is 17.9 Å². The van der Waals surface area contributed by atoms with Crippen LogP contribution in [0.25, 0.3) is 0 Å². The van der Waals surface area contributed by atoms with Crippen molar-refractivity contribution in [1.29, 1.82) is 0 Å². The van der Waals surface area contributed by atoms with Crippen LogP contribution in [0.15, 0.2) is 28.7 Å². The zero-order valence-corrected chi connectivity index (χ0v) is 13.0. The van der Waals surface area contributed by atoms with Crippen LogP contribution in [-0.2, 0) is 10.0 Å². The van der Waals surface area contributed by atoms with Gasteiger partial charge in [-0.25, -0.2) is 18.5 Å². The lowest BCUT2D eigenvalue weighted by molar-refractivity contribution is 0.0935. The number of carbonyl (C=O) groups is 1. The Morgan fingerprint density at radius 1 is 1.33 bits per heavy atom. The van der Waals surface area contributed by atoms with Gasteiger partial charge in [0.2, 0.25) is 10.0 Å². The summed E-state index contributed by atoms with van der Waals surface area (Å²) >= 11 is 1.02. The highest BCUT2D eigenvalue weighted by atomic mass is 32.2. The maximum absolute atomic E-state index is 12.0. The molecule has 21 heavy (non-hydrogen) atoms. The standard InChI is InChI=1S/C12H14N4O3S2/c1-7-5-15-9(6-14-7)12(17)16-8(2)10-3-4-11(20-10)21(13,18)19/h3-6,8H,1-2H3,(H,16,17)(H2,13,18,19). The van der Waals surface area contributed by atoms with E-state index in [0.717, 1.165) is 17.0 Å². The first-order valence-corrected chi connectivity index (χ1v) is 8.35. The van der Waals surface area contributed by atoms with Gasteiger partial charge in [0.1, 0.15) is 9.90 Å². The molecule has 2 heterocycles. The minimum atomic E-state index is -3.72. The fourth-order valence-corrected chi connectivity index (χ4v) is 3.32. The molecule has 2 aromatic rings. The fraction of sp³-hybridized carbons (Fsp3) is 0.250. The predicted octanol–water partition coefficient (Wildman–Crippen LogP) is 0.985. The monoisotopic (exact) mass is 326 g/mol. The van der Waals surface area contributed by atoms with Crippen molar-refractivity contribution in [3.05, 3.63) is 40.8 Å². The molecule has 0 radical (unpaired) electrons. The third kappa shape index (κ3) is 3.84. The summed E-state index contributed by atoms with van der Waals surface area (Å²) in [6.07, 6.45) is 2.89. The van der Waals surface area contributed by atoms with E-state index in [0.29, 0.717) is 4.88 Å². The summed E-state index contributed by atoms with van der Waals surface area (Å²) < 4.78 is 22.5. The van der Waals surface area contributed by atoms with Crippen LogP contribution in [0, 0.1) is 6.92 Å². The maximum atomic E-state index is 12.0. The van der Waals surface area contributed by atoms with Crippen molar-refractivity contribution in [2.24, 2.45) is 5.14 Å². The van der Waals surface area contributed by atoms with Gasteiger partial charge < -0.3 is 5.32 Å². The van der Waals surface area contributed by atoms with Crippen LogP contribution in [0.5, 0.6) is 0 Å². The Bertz CT molecular complexity index is 753. The molecule has 9 heteroatoms. The number of aromatic nitrogens is 2. The summed E-state index contributed by atoms with van der Waals surface area (Å²) in [5, 5.41) is 7.78. The summed E-state index contributed by atoms with van der Waals surface area (Å²) in [6.45, 7) is 3.52. The number of aryl methyl sites for hydroxylation is 1. The van der Waals surface area contributed by atoms with Gasteiger partial charge in [-0.05, 0) is 26.0 Å². The first kappa shape index (κ1) is 15.5. The smallest absolute Gasteiger partial charge is 0.271 e. The first-order chi connectivity index (χ1) is 9.77. The number of carbonyl (C=O) groups excluding carboxylic acids is 1. The summed E-state index contributed by atoms with van der Waals surface area (Å²) in [6, 6.07) is 2.68. The van der Waals surface area contributed by atoms with E-state index in [-0.39, 0.29) is 21.9 Å². The van der Waals surface area contributed by atoms with Gasteiger partial charge in [0, 0.05) is 11.1 Å². The van der Waals surface area contributed by atoms with E-state index in [9.17, 15) is 13.2 Å². The van der Waals surface area contributed by atoms with E-state index in [1.807, 2.05) is 0 Å². The molecule has 0 bridgehead atoms. The van der Waals surface area contributed by atoms with Gasteiger partial charge in [-0.15, -0.1) is 11.3 Å². The molecule has 2 aromatic heterocycles. The van der Waals surface area contributed by atoms with E-state index in [4.69, 9.17) is 5.14 Å². The third-order valence-electron chi connectivity index (χ3n) is 2.67. The number of hydrogen-bond donors (Lipinski definition) is 2. The Labute approximate surface area is 126 Å². The quantitative estimate of drug-likeness (QED) is 0.869. The van der Waals surface area contributed by atoms with Crippen LogP contribution in [0.2, 0.25) is 0 Å². The lowest BCUT2D eigenvalue weighted by Crippen LogP contribution is -2.27. The second kappa shape index (κ2) is 5.88. The molecule has 1 unspecified atom stereocenters. The Kier molecular flexibility index (Phi) is 4.35. The summed E-state index contributed by atoms with van der Waals surface area (Å²) in [7, 11) is -3.72. The van der Waals surface area contributed by atoms with Crippen molar-refractivity contribution in [2.45, 2.75) is 24.1 Å². The van der Waals surface area contributed by atoms with Gasteiger partial charge in [-0.1, -0.05) is 0 Å². The van der Waals surface area contributed by atoms with Crippen LogP contribution in [0.3, 0.4) is 0 Å². The van der Waals surface area contributed by atoms with E-state index >= 15 is 0 Å². The summed E-state index contributed by atoms with van der Waals surface area (Å²) in [5.74, 6) is -0.374. The van der Waals surface area contributed by atoms with Crippen LogP contribution in [0.1, 0.15) is 34.0 Å². The first-order valence-electron chi connectivity index (χ1n) is 5.99. The number of primary sulfonamides is 1. The molecule has 0 spiro atoms. The molecule has 0 fully saturated rings. The molecule has 3 N–H and O–H groups in total. The number of rotatable bonds is 4. The molecular weight excluding hydrogens is 312 g/mol. The molecule has 1 amide bonds. The van der Waals surface area contributed by atoms with Gasteiger partial charge >= 0.3 is 0 Å². The van der Waals surface area contributed by atoms with E-state index in [1.54, 1.807) is 19.9 Å². The highest BCUT2D eigenvalue weighted by Crippen LogP contribution is 2.25. The Morgan fingerprint density at radius 3 is 2.57 bits per heavy atom. The molecule has 0 aliphatic heterocycles. The number of thiophene rings is 1. The Hall–Kier alpha value is -1.84. The zero-order valence-electron chi connectivity index (χ0n) is 11.4. The lowest BCUT2D eigenvalue weighted by atomic mass is 10.2. The van der Waals surface area contributed by atoms with Gasteiger partial charge in [-0.2, -0.15) is 0 Å². The fourth-order valence-electron chi connectivity index (χ4n) is 1.57. The number of hydrogen-bond acceptors (Lipinski definition) is 6. The number of sulfonamides is 1. The Balaban J connectivity index is 2.11. The number of nitrogens with one attached hydrogen (secondary N) is 1. The number of nitrogens with two attached hydrogens (primary N) is 1. The molecule has 1 atom stereocenters. The van der Waals surface area contributed by atoms with E-state index < -0.39 is 10.0 Å². The van der Waals surface area contributed by atoms with E-state index in [1.165, 1.54) is 18.5 Å². The molecule has 0 saturated heterocycles. The topological polar surface area (TPSA) is 115 Å². The van der Waals surface area contributed by atoms with Crippen molar-refractivity contribution < 1.29 is 13.2 Å². The van der Waals surface area contributed by atoms with Crippen molar-refractivity contribution in [1.82, 2.24) is 15.3 Å². The average Bonchev–Trinajstić information content (AvgIpc) is 2.88. The second-order valence-corrected chi connectivity index (χ2v) is 7.34. The molecule has 0 saturated carbocycles.